The van der Waals surface area contributed by atoms with Crippen LogP contribution in [0.25, 0.3) is 0 Å². The largest absolute Gasteiger partial charge is 0.497 e. The Hall–Kier alpha value is -3.06. The maximum Gasteiger partial charge on any atom is 0.252 e. The molecule has 1 heterocycles. The van der Waals surface area contributed by atoms with Crippen molar-refractivity contribution in [2.45, 2.75) is 24.9 Å². The molecule has 7 heteroatoms. The van der Waals surface area contributed by atoms with Crippen LogP contribution in [0.5, 0.6) is 17.4 Å². The lowest BCUT2D eigenvalue weighted by atomic mass is 10.1. The summed E-state index contributed by atoms with van der Waals surface area (Å²) in [7, 11) is 1.63. The van der Waals surface area contributed by atoms with Gasteiger partial charge in [0, 0.05) is 12.4 Å². The normalized spacial score (nSPS) is 11.6. The van der Waals surface area contributed by atoms with Crippen molar-refractivity contribution in [1.82, 2.24) is 15.3 Å². The smallest absolute Gasteiger partial charge is 0.252 e. The van der Waals surface area contributed by atoms with Crippen LogP contribution in [0.4, 0.5) is 0 Å². The van der Waals surface area contributed by atoms with Gasteiger partial charge in [-0.25, -0.2) is 9.97 Å². The third-order valence-electron chi connectivity index (χ3n) is 4.27. The topological polar surface area (TPSA) is 73.3 Å². The van der Waals surface area contributed by atoms with Gasteiger partial charge in [0.05, 0.1) is 18.9 Å². The van der Waals surface area contributed by atoms with Crippen LogP contribution < -0.4 is 14.8 Å². The molecule has 0 radical (unpaired) electrons. The predicted molar refractivity (Wildman–Crippen MR) is 114 cm³/mol. The maximum absolute atomic E-state index is 12.4. The lowest BCUT2D eigenvalue weighted by molar-refractivity contribution is -0.119. The highest BCUT2D eigenvalue weighted by atomic mass is 32.2. The molecule has 1 amide bonds. The van der Waals surface area contributed by atoms with E-state index >= 15 is 0 Å². The molecule has 1 aromatic heterocycles. The summed E-state index contributed by atoms with van der Waals surface area (Å²) < 4.78 is 11.1. The molecule has 0 aliphatic heterocycles. The molecule has 3 aromatic rings. The number of thioether (sulfide) groups is 1. The Balaban J connectivity index is 1.59. The zero-order valence-corrected chi connectivity index (χ0v) is 17.4. The van der Waals surface area contributed by atoms with Crippen molar-refractivity contribution in [1.29, 1.82) is 0 Å². The van der Waals surface area contributed by atoms with Crippen molar-refractivity contribution in [3.05, 3.63) is 72.1 Å². The van der Waals surface area contributed by atoms with Gasteiger partial charge in [0.15, 0.2) is 5.03 Å². The minimum Gasteiger partial charge on any atom is -0.497 e. The van der Waals surface area contributed by atoms with Crippen molar-refractivity contribution in [2.24, 2.45) is 0 Å². The molecule has 0 fully saturated rings. The molecule has 29 heavy (non-hydrogen) atoms. The second-order valence-electron chi connectivity index (χ2n) is 6.39. The highest BCUT2D eigenvalue weighted by Crippen LogP contribution is 2.30. The Bertz CT molecular complexity index is 964. The molecule has 3 rings (SSSR count). The van der Waals surface area contributed by atoms with Crippen LogP contribution in [0.2, 0.25) is 0 Å². The predicted octanol–water partition coefficient (Wildman–Crippen LogP) is 4.56. The number of carbonyl (C=O) groups excluding carboxylic acids is 1. The van der Waals surface area contributed by atoms with Crippen LogP contribution in [-0.2, 0) is 4.79 Å². The van der Waals surface area contributed by atoms with Crippen molar-refractivity contribution in [3.8, 4) is 17.4 Å². The number of aryl methyl sites for hydroxylation is 1. The summed E-state index contributed by atoms with van der Waals surface area (Å²) in [5, 5.41) is 3.56. The van der Waals surface area contributed by atoms with E-state index < -0.39 is 0 Å². The zero-order chi connectivity index (χ0) is 20.6. The number of para-hydroxylation sites is 1. The third-order valence-corrected chi connectivity index (χ3v) is 5.23. The quantitative estimate of drug-likeness (QED) is 0.550. The lowest BCUT2D eigenvalue weighted by Gasteiger charge is -2.15. The van der Waals surface area contributed by atoms with Crippen molar-refractivity contribution in [3.63, 3.8) is 0 Å². The van der Waals surface area contributed by atoms with E-state index in [2.05, 4.69) is 15.3 Å². The monoisotopic (exact) mass is 409 g/mol. The lowest BCUT2D eigenvalue weighted by Crippen LogP contribution is -2.28. The number of benzene rings is 2. The van der Waals surface area contributed by atoms with E-state index in [9.17, 15) is 4.79 Å². The second-order valence-corrected chi connectivity index (χ2v) is 7.35. The van der Waals surface area contributed by atoms with Gasteiger partial charge >= 0.3 is 0 Å². The van der Waals surface area contributed by atoms with Crippen LogP contribution in [0, 0.1) is 6.92 Å². The van der Waals surface area contributed by atoms with Crippen LogP contribution in [0.15, 0.2) is 66.0 Å². The molecule has 1 atom stereocenters. The van der Waals surface area contributed by atoms with Crippen LogP contribution in [0.1, 0.15) is 24.1 Å². The SMILES string of the molecule is COc1ccc([C@H](C)NC(=O)CSc2nccnc2Oc2ccccc2C)cc1. The molecule has 0 aliphatic carbocycles. The number of methoxy groups -OCH3 is 1. The van der Waals surface area contributed by atoms with Crippen LogP contribution in [-0.4, -0.2) is 28.7 Å². The second kappa shape index (κ2) is 9.93. The summed E-state index contributed by atoms with van der Waals surface area (Å²) >= 11 is 1.29. The highest BCUT2D eigenvalue weighted by Gasteiger charge is 2.14. The minimum absolute atomic E-state index is 0.0918. The number of hydrogen-bond donors (Lipinski definition) is 1. The van der Waals surface area contributed by atoms with E-state index in [1.54, 1.807) is 19.5 Å². The van der Waals surface area contributed by atoms with Crippen molar-refractivity contribution >= 4 is 17.7 Å². The molecular formula is C22H23N3O3S. The molecule has 0 saturated carbocycles. The van der Waals surface area contributed by atoms with Crippen LogP contribution >= 0.6 is 11.8 Å². The first kappa shape index (κ1) is 20.7. The summed E-state index contributed by atoms with van der Waals surface area (Å²) in [5.41, 5.74) is 2.01. The fourth-order valence-electron chi connectivity index (χ4n) is 2.65. The number of amides is 1. The van der Waals surface area contributed by atoms with Gasteiger partial charge in [-0.05, 0) is 43.2 Å². The number of hydrogen-bond acceptors (Lipinski definition) is 6. The van der Waals surface area contributed by atoms with Gasteiger partial charge in [0.2, 0.25) is 5.91 Å². The molecule has 0 unspecified atom stereocenters. The standard InChI is InChI=1S/C22H23N3O3S/c1-15-6-4-5-7-19(15)28-21-22(24-13-12-23-21)29-14-20(26)25-16(2)17-8-10-18(27-3)11-9-17/h4-13,16H,14H2,1-3H3,(H,25,26)/t16-/m0/s1. The Morgan fingerprint density at radius 3 is 2.55 bits per heavy atom. The first-order valence-corrected chi connectivity index (χ1v) is 10.2. The van der Waals surface area contributed by atoms with Crippen molar-refractivity contribution < 1.29 is 14.3 Å². The average Bonchev–Trinajstić information content (AvgIpc) is 2.74. The number of nitrogens with one attached hydrogen (secondary N) is 1. The number of rotatable bonds is 8. The molecule has 1 N–H and O–H groups in total. The van der Waals surface area contributed by atoms with E-state index in [1.165, 1.54) is 11.8 Å². The first-order chi connectivity index (χ1) is 14.1. The van der Waals surface area contributed by atoms with E-state index in [0.717, 1.165) is 16.9 Å². The Morgan fingerprint density at radius 1 is 1.10 bits per heavy atom. The van der Waals surface area contributed by atoms with Gasteiger partial charge in [-0.2, -0.15) is 0 Å². The first-order valence-electron chi connectivity index (χ1n) is 9.17. The van der Waals surface area contributed by atoms with Gasteiger partial charge in [-0.15, -0.1) is 0 Å². The summed E-state index contributed by atoms with van der Waals surface area (Å²) in [5.74, 6) is 2.01. The summed E-state index contributed by atoms with van der Waals surface area (Å²) in [6.07, 6.45) is 3.16. The number of nitrogens with zero attached hydrogens (tertiary/aromatic N) is 2. The van der Waals surface area contributed by atoms with Gasteiger partial charge < -0.3 is 14.8 Å². The fourth-order valence-corrected chi connectivity index (χ4v) is 3.35. The van der Waals surface area contributed by atoms with Gasteiger partial charge in [-0.3, -0.25) is 4.79 Å². The summed E-state index contributed by atoms with van der Waals surface area (Å²) in [4.78, 5) is 21.0. The number of carbonyl (C=O) groups is 1. The molecule has 0 spiro atoms. The van der Waals surface area contributed by atoms with E-state index in [-0.39, 0.29) is 17.7 Å². The number of aromatic nitrogens is 2. The Kier molecular flexibility index (Phi) is 7.08. The Morgan fingerprint density at radius 2 is 1.83 bits per heavy atom. The van der Waals surface area contributed by atoms with Gasteiger partial charge in [0.25, 0.3) is 5.88 Å². The maximum atomic E-state index is 12.4. The highest BCUT2D eigenvalue weighted by molar-refractivity contribution is 8.00. The summed E-state index contributed by atoms with van der Waals surface area (Å²) in [6, 6.07) is 15.2. The van der Waals surface area contributed by atoms with Gasteiger partial charge in [-0.1, -0.05) is 42.1 Å². The van der Waals surface area contributed by atoms with Crippen molar-refractivity contribution in [2.75, 3.05) is 12.9 Å². The van der Waals surface area contributed by atoms with E-state index in [4.69, 9.17) is 9.47 Å². The molecule has 0 bridgehead atoms. The van der Waals surface area contributed by atoms with E-state index in [0.29, 0.717) is 16.7 Å². The fraction of sp³-hybridized carbons (Fsp3) is 0.227. The third kappa shape index (κ3) is 5.71. The minimum atomic E-state index is -0.112. The van der Waals surface area contributed by atoms with Crippen LogP contribution in [0.3, 0.4) is 0 Å². The molecule has 150 valence electrons. The number of ether oxygens (including phenoxy) is 2. The molecule has 2 aromatic carbocycles. The molecule has 0 saturated heterocycles. The molecule has 0 aliphatic rings. The van der Waals surface area contributed by atoms with Gasteiger partial charge in [0.1, 0.15) is 11.5 Å². The Labute approximate surface area is 174 Å². The molecule has 6 nitrogen and oxygen atoms in total. The summed E-state index contributed by atoms with van der Waals surface area (Å²) in [6.45, 7) is 3.91. The average molecular weight is 410 g/mol. The molecular weight excluding hydrogens is 386 g/mol. The van der Waals surface area contributed by atoms with E-state index in [1.807, 2.05) is 62.4 Å². The zero-order valence-electron chi connectivity index (χ0n) is 16.6.